The zero-order valence-electron chi connectivity index (χ0n) is 15.9. The number of amides is 2. The molecule has 2 heterocycles. The van der Waals surface area contributed by atoms with Crippen molar-refractivity contribution in [3.63, 3.8) is 0 Å². The number of carbonyl (C=O) groups excluding carboxylic acids is 2. The van der Waals surface area contributed by atoms with Crippen molar-refractivity contribution in [1.82, 2.24) is 20.1 Å². The standard InChI is InChI=1S/C19H24N6O2S/c1-20-17(27)13-4-6-14(7-5-13)21-16(26)12-28-19-23-22-18(24-10-2-3-11-24)25(19)15-8-9-15/h4-7,15H,2-3,8-12H2,1H3,(H,20,27)(H,21,26). The van der Waals surface area contributed by atoms with Gasteiger partial charge in [0, 0.05) is 37.4 Å². The molecular formula is C19H24N6O2S. The highest BCUT2D eigenvalue weighted by Crippen LogP contribution is 2.41. The van der Waals surface area contributed by atoms with Crippen molar-refractivity contribution in [3.05, 3.63) is 29.8 Å². The Balaban J connectivity index is 1.36. The molecular weight excluding hydrogens is 376 g/mol. The van der Waals surface area contributed by atoms with Gasteiger partial charge in [-0.1, -0.05) is 11.8 Å². The van der Waals surface area contributed by atoms with Gasteiger partial charge in [0.05, 0.1) is 5.75 Å². The van der Waals surface area contributed by atoms with Crippen molar-refractivity contribution in [2.24, 2.45) is 0 Å². The Kier molecular flexibility index (Phi) is 5.52. The maximum atomic E-state index is 12.3. The molecule has 0 spiro atoms. The second-order valence-electron chi connectivity index (χ2n) is 7.07. The molecule has 0 atom stereocenters. The van der Waals surface area contributed by atoms with Crippen molar-refractivity contribution in [1.29, 1.82) is 0 Å². The topological polar surface area (TPSA) is 92.2 Å². The van der Waals surface area contributed by atoms with Gasteiger partial charge in [0.25, 0.3) is 5.91 Å². The minimum absolute atomic E-state index is 0.106. The third kappa shape index (κ3) is 4.14. The minimum atomic E-state index is -0.151. The van der Waals surface area contributed by atoms with Crippen LogP contribution < -0.4 is 15.5 Å². The second-order valence-corrected chi connectivity index (χ2v) is 8.01. The van der Waals surface area contributed by atoms with E-state index in [1.54, 1.807) is 31.3 Å². The second kappa shape index (κ2) is 8.22. The smallest absolute Gasteiger partial charge is 0.251 e. The van der Waals surface area contributed by atoms with E-state index in [-0.39, 0.29) is 17.6 Å². The number of aromatic nitrogens is 3. The number of carbonyl (C=O) groups is 2. The molecule has 2 fully saturated rings. The predicted octanol–water partition coefficient (Wildman–Crippen LogP) is 2.30. The van der Waals surface area contributed by atoms with Crippen molar-refractivity contribution in [3.8, 4) is 0 Å². The lowest BCUT2D eigenvalue weighted by atomic mass is 10.2. The third-order valence-corrected chi connectivity index (χ3v) is 5.88. The maximum absolute atomic E-state index is 12.3. The molecule has 0 bridgehead atoms. The zero-order chi connectivity index (χ0) is 19.5. The molecule has 28 heavy (non-hydrogen) atoms. The quantitative estimate of drug-likeness (QED) is 0.693. The number of hydrogen-bond acceptors (Lipinski definition) is 6. The number of hydrogen-bond donors (Lipinski definition) is 2. The van der Waals surface area contributed by atoms with Crippen LogP contribution in [-0.4, -0.2) is 52.5 Å². The number of nitrogens with zero attached hydrogens (tertiary/aromatic N) is 4. The van der Waals surface area contributed by atoms with Gasteiger partial charge in [-0.2, -0.15) is 0 Å². The number of benzene rings is 1. The molecule has 1 saturated carbocycles. The van der Waals surface area contributed by atoms with E-state index in [0.29, 0.717) is 17.3 Å². The van der Waals surface area contributed by atoms with Crippen molar-refractivity contribution in [2.75, 3.05) is 36.1 Å². The maximum Gasteiger partial charge on any atom is 0.251 e. The molecule has 1 aromatic heterocycles. The van der Waals surface area contributed by atoms with E-state index in [9.17, 15) is 9.59 Å². The predicted molar refractivity (Wildman–Crippen MR) is 109 cm³/mol. The van der Waals surface area contributed by atoms with Gasteiger partial charge in [-0.25, -0.2) is 0 Å². The van der Waals surface area contributed by atoms with E-state index in [4.69, 9.17) is 0 Å². The Morgan fingerprint density at radius 1 is 1.14 bits per heavy atom. The molecule has 1 saturated heterocycles. The SMILES string of the molecule is CNC(=O)c1ccc(NC(=O)CSc2nnc(N3CCCC3)n2C2CC2)cc1. The van der Waals surface area contributed by atoms with Gasteiger partial charge in [0.15, 0.2) is 5.16 Å². The lowest BCUT2D eigenvalue weighted by Crippen LogP contribution is -2.22. The highest BCUT2D eigenvalue weighted by atomic mass is 32.2. The van der Waals surface area contributed by atoms with Crippen LogP contribution >= 0.6 is 11.8 Å². The summed E-state index contributed by atoms with van der Waals surface area (Å²) in [5, 5.41) is 15.0. The van der Waals surface area contributed by atoms with E-state index < -0.39 is 0 Å². The first-order chi connectivity index (χ1) is 13.7. The Labute approximate surface area is 168 Å². The average Bonchev–Trinajstić information content (AvgIpc) is 3.23. The summed E-state index contributed by atoms with van der Waals surface area (Å²) in [7, 11) is 1.59. The number of anilines is 2. The summed E-state index contributed by atoms with van der Waals surface area (Å²) in [5.74, 6) is 0.960. The largest absolute Gasteiger partial charge is 0.355 e. The highest BCUT2D eigenvalue weighted by molar-refractivity contribution is 7.99. The Bertz CT molecular complexity index is 856. The van der Waals surface area contributed by atoms with Crippen molar-refractivity contribution < 1.29 is 9.59 Å². The van der Waals surface area contributed by atoms with E-state index >= 15 is 0 Å². The van der Waals surface area contributed by atoms with Gasteiger partial charge in [0.1, 0.15) is 0 Å². The zero-order valence-corrected chi connectivity index (χ0v) is 16.7. The minimum Gasteiger partial charge on any atom is -0.355 e. The van der Waals surface area contributed by atoms with Gasteiger partial charge < -0.3 is 15.5 Å². The molecule has 1 aliphatic carbocycles. The summed E-state index contributed by atoms with van der Waals surface area (Å²) in [4.78, 5) is 26.2. The third-order valence-electron chi connectivity index (χ3n) is 4.94. The first-order valence-corrected chi connectivity index (χ1v) is 10.6. The number of thioether (sulfide) groups is 1. The van der Waals surface area contributed by atoms with Crippen LogP contribution in [-0.2, 0) is 4.79 Å². The molecule has 2 amide bonds. The fraction of sp³-hybridized carbons (Fsp3) is 0.474. The molecule has 1 aliphatic heterocycles. The van der Waals surface area contributed by atoms with Gasteiger partial charge in [-0.3, -0.25) is 14.2 Å². The van der Waals surface area contributed by atoms with Crippen LogP contribution in [0.15, 0.2) is 29.4 Å². The van der Waals surface area contributed by atoms with E-state index in [1.165, 1.54) is 24.6 Å². The summed E-state index contributed by atoms with van der Waals surface area (Å²) in [6, 6.07) is 7.30. The molecule has 0 radical (unpaired) electrons. The molecule has 2 N–H and O–H groups in total. The summed E-state index contributed by atoms with van der Waals surface area (Å²) in [6.07, 6.45) is 4.69. The van der Waals surface area contributed by atoms with E-state index in [2.05, 4.69) is 30.3 Å². The van der Waals surface area contributed by atoms with Crippen molar-refractivity contribution >= 4 is 35.2 Å². The van der Waals surface area contributed by atoms with Crippen LogP contribution in [0.2, 0.25) is 0 Å². The number of rotatable bonds is 7. The van der Waals surface area contributed by atoms with E-state index in [0.717, 1.165) is 37.0 Å². The summed E-state index contributed by atoms with van der Waals surface area (Å²) in [6.45, 7) is 2.06. The summed E-state index contributed by atoms with van der Waals surface area (Å²) >= 11 is 1.42. The molecule has 8 nitrogen and oxygen atoms in total. The fourth-order valence-corrected chi connectivity index (χ4v) is 4.13. The van der Waals surface area contributed by atoms with E-state index in [1.807, 2.05) is 0 Å². The summed E-state index contributed by atoms with van der Waals surface area (Å²) in [5.41, 5.74) is 1.22. The van der Waals surface area contributed by atoms with Gasteiger partial charge in [-0.05, 0) is 49.9 Å². The molecule has 9 heteroatoms. The molecule has 2 aromatic rings. The van der Waals surface area contributed by atoms with Crippen LogP contribution in [0.3, 0.4) is 0 Å². The van der Waals surface area contributed by atoms with Crippen LogP contribution in [0.4, 0.5) is 11.6 Å². The van der Waals surface area contributed by atoms with Gasteiger partial charge >= 0.3 is 0 Å². The first kappa shape index (κ1) is 18.8. The van der Waals surface area contributed by atoms with Crippen molar-refractivity contribution in [2.45, 2.75) is 36.9 Å². The lowest BCUT2D eigenvalue weighted by Gasteiger charge is -2.17. The molecule has 1 aromatic carbocycles. The number of nitrogens with one attached hydrogen (secondary N) is 2. The first-order valence-electron chi connectivity index (χ1n) is 9.60. The average molecular weight is 401 g/mol. The molecule has 148 valence electrons. The summed E-state index contributed by atoms with van der Waals surface area (Å²) < 4.78 is 2.21. The lowest BCUT2D eigenvalue weighted by molar-refractivity contribution is -0.113. The molecule has 4 rings (SSSR count). The fourth-order valence-electron chi connectivity index (χ4n) is 3.33. The van der Waals surface area contributed by atoms with Crippen LogP contribution in [0.5, 0.6) is 0 Å². The van der Waals surface area contributed by atoms with Gasteiger partial charge in [0.2, 0.25) is 11.9 Å². The molecule has 2 aliphatic rings. The Hall–Kier alpha value is -2.55. The highest BCUT2D eigenvalue weighted by Gasteiger charge is 2.32. The van der Waals surface area contributed by atoms with Crippen LogP contribution in [0.25, 0.3) is 0 Å². The Morgan fingerprint density at radius 3 is 2.50 bits per heavy atom. The van der Waals surface area contributed by atoms with Crippen LogP contribution in [0.1, 0.15) is 42.1 Å². The Morgan fingerprint density at radius 2 is 1.86 bits per heavy atom. The normalized spacial score (nSPS) is 16.2. The molecule has 0 unspecified atom stereocenters. The monoisotopic (exact) mass is 400 g/mol. The van der Waals surface area contributed by atoms with Gasteiger partial charge in [-0.15, -0.1) is 10.2 Å². The van der Waals surface area contributed by atoms with Crippen LogP contribution in [0, 0.1) is 0 Å².